The molecule has 100 valence electrons. The van der Waals surface area contributed by atoms with Gasteiger partial charge in [-0.15, -0.1) is 0 Å². The van der Waals surface area contributed by atoms with Gasteiger partial charge in [0.1, 0.15) is 0 Å². The number of rotatable bonds is 6. The molecule has 1 aliphatic rings. The zero-order chi connectivity index (χ0) is 13.0. The van der Waals surface area contributed by atoms with Crippen LogP contribution in [0.1, 0.15) is 60.3 Å². The van der Waals surface area contributed by atoms with Gasteiger partial charge in [0.2, 0.25) is 5.91 Å². The van der Waals surface area contributed by atoms with E-state index in [0.717, 1.165) is 25.7 Å². The first-order valence-corrected chi connectivity index (χ1v) is 7.11. The predicted molar refractivity (Wildman–Crippen MR) is 71.7 cm³/mol. The average Bonchev–Trinajstić information content (AvgIpc) is 2.63. The number of nitrogens with one attached hydrogen (secondary N) is 1. The van der Waals surface area contributed by atoms with Gasteiger partial charge in [0.15, 0.2) is 0 Å². The number of carbonyl (C=O) groups is 1. The quantitative estimate of drug-likeness (QED) is 0.774. The van der Waals surface area contributed by atoms with Crippen LogP contribution < -0.4 is 5.32 Å². The summed E-state index contributed by atoms with van der Waals surface area (Å²) >= 11 is 0. The fraction of sp³-hybridized carbons (Fsp3) is 0.929. The topological polar surface area (TPSA) is 32.3 Å². The van der Waals surface area contributed by atoms with Gasteiger partial charge in [0.05, 0.1) is 12.2 Å². The molecule has 0 aromatic carbocycles. The van der Waals surface area contributed by atoms with Crippen LogP contribution in [0.2, 0.25) is 0 Å². The van der Waals surface area contributed by atoms with Crippen molar-refractivity contribution in [2.24, 2.45) is 5.92 Å². The minimum absolute atomic E-state index is 0.0522. The number of hydrogen-bond donors (Lipinski definition) is 1. The van der Waals surface area contributed by atoms with Crippen LogP contribution in [0.5, 0.6) is 0 Å². The number of carbonyl (C=O) groups excluding carboxylic acids is 1. The zero-order valence-corrected chi connectivity index (χ0v) is 12.0. The van der Waals surface area contributed by atoms with Gasteiger partial charge in [-0.2, -0.15) is 0 Å². The highest BCUT2D eigenvalue weighted by Crippen LogP contribution is 2.23. The maximum atomic E-state index is 12.4. The lowest BCUT2D eigenvalue weighted by atomic mass is 10.1. The summed E-state index contributed by atoms with van der Waals surface area (Å²) in [5.74, 6) is 0.783. The third kappa shape index (κ3) is 3.21. The van der Waals surface area contributed by atoms with Crippen LogP contribution in [0.3, 0.4) is 0 Å². The van der Waals surface area contributed by atoms with Gasteiger partial charge < -0.3 is 4.90 Å². The van der Waals surface area contributed by atoms with Crippen molar-refractivity contribution in [1.29, 1.82) is 0 Å². The van der Waals surface area contributed by atoms with Gasteiger partial charge in [-0.1, -0.05) is 40.5 Å². The van der Waals surface area contributed by atoms with Crippen LogP contribution in [-0.2, 0) is 4.79 Å². The van der Waals surface area contributed by atoms with E-state index in [0.29, 0.717) is 17.9 Å². The van der Waals surface area contributed by atoms with Gasteiger partial charge in [-0.3, -0.25) is 10.1 Å². The average molecular weight is 240 g/mol. The van der Waals surface area contributed by atoms with Crippen LogP contribution >= 0.6 is 0 Å². The van der Waals surface area contributed by atoms with Crippen molar-refractivity contribution in [2.75, 3.05) is 0 Å². The summed E-state index contributed by atoms with van der Waals surface area (Å²) in [6.07, 6.45) is 4.51. The molecule has 1 rings (SSSR count). The van der Waals surface area contributed by atoms with Crippen molar-refractivity contribution in [3.8, 4) is 0 Å². The highest BCUT2D eigenvalue weighted by molar-refractivity contribution is 5.84. The van der Waals surface area contributed by atoms with E-state index in [2.05, 4.69) is 44.8 Å². The Morgan fingerprint density at radius 3 is 2.41 bits per heavy atom. The summed E-state index contributed by atoms with van der Waals surface area (Å²) in [6.45, 7) is 10.8. The van der Waals surface area contributed by atoms with E-state index in [-0.39, 0.29) is 12.2 Å². The molecule has 3 atom stereocenters. The second-order valence-corrected chi connectivity index (χ2v) is 5.55. The van der Waals surface area contributed by atoms with Crippen LogP contribution in [0, 0.1) is 5.92 Å². The molecule has 1 fully saturated rings. The lowest BCUT2D eigenvalue weighted by Gasteiger charge is -2.32. The summed E-state index contributed by atoms with van der Waals surface area (Å²) in [5, 5.41) is 3.52. The minimum Gasteiger partial charge on any atom is -0.323 e. The van der Waals surface area contributed by atoms with Gasteiger partial charge in [0, 0.05) is 6.04 Å². The summed E-state index contributed by atoms with van der Waals surface area (Å²) in [5.41, 5.74) is 0. The predicted octanol–water partition coefficient (Wildman–Crippen LogP) is 2.76. The van der Waals surface area contributed by atoms with Crippen LogP contribution in [0.4, 0.5) is 0 Å². The molecular weight excluding hydrogens is 212 g/mol. The first kappa shape index (κ1) is 14.5. The van der Waals surface area contributed by atoms with Gasteiger partial charge in [-0.25, -0.2) is 0 Å². The van der Waals surface area contributed by atoms with E-state index in [1.165, 1.54) is 0 Å². The molecule has 0 aliphatic carbocycles. The van der Waals surface area contributed by atoms with E-state index < -0.39 is 0 Å². The molecule has 0 aromatic heterocycles. The molecule has 3 unspecified atom stereocenters. The largest absolute Gasteiger partial charge is 0.323 e. The normalized spacial score (nSPS) is 26.9. The SMILES string of the molecule is CCCCC1NC(C(C)C)N(C(C)CC)C1=O. The molecule has 1 heterocycles. The fourth-order valence-corrected chi connectivity index (χ4v) is 2.49. The lowest BCUT2D eigenvalue weighted by Crippen LogP contribution is -2.46. The Balaban J connectivity index is 2.74. The summed E-state index contributed by atoms with van der Waals surface area (Å²) in [7, 11) is 0. The third-order valence-electron chi connectivity index (χ3n) is 3.77. The van der Waals surface area contributed by atoms with E-state index in [1.54, 1.807) is 0 Å². The van der Waals surface area contributed by atoms with E-state index >= 15 is 0 Å². The van der Waals surface area contributed by atoms with Crippen molar-refractivity contribution < 1.29 is 4.79 Å². The molecule has 3 nitrogen and oxygen atoms in total. The van der Waals surface area contributed by atoms with Crippen molar-refractivity contribution in [3.05, 3.63) is 0 Å². The molecule has 0 aromatic rings. The Hall–Kier alpha value is -0.570. The Morgan fingerprint density at radius 1 is 1.29 bits per heavy atom. The maximum absolute atomic E-state index is 12.4. The highest BCUT2D eigenvalue weighted by Gasteiger charge is 2.41. The Bertz CT molecular complexity index is 253. The molecule has 0 radical (unpaired) electrons. The van der Waals surface area contributed by atoms with Crippen LogP contribution in [-0.4, -0.2) is 29.1 Å². The van der Waals surface area contributed by atoms with Crippen molar-refractivity contribution in [1.82, 2.24) is 10.2 Å². The molecule has 1 aliphatic heterocycles. The summed E-state index contributed by atoms with van der Waals surface area (Å²) in [4.78, 5) is 14.5. The first-order chi connectivity index (χ1) is 8.02. The molecule has 0 saturated carbocycles. The smallest absolute Gasteiger partial charge is 0.241 e. The van der Waals surface area contributed by atoms with E-state index in [1.807, 2.05) is 0 Å². The molecule has 1 amide bonds. The number of hydrogen-bond acceptors (Lipinski definition) is 2. The van der Waals surface area contributed by atoms with Gasteiger partial charge in [0.25, 0.3) is 0 Å². The number of nitrogens with zero attached hydrogens (tertiary/aromatic N) is 1. The Kier molecular flexibility index (Phi) is 5.44. The summed E-state index contributed by atoms with van der Waals surface area (Å²) in [6, 6.07) is 0.394. The maximum Gasteiger partial charge on any atom is 0.241 e. The highest BCUT2D eigenvalue weighted by atomic mass is 16.2. The van der Waals surface area contributed by atoms with Crippen LogP contribution in [0.15, 0.2) is 0 Å². The Labute approximate surface area is 106 Å². The molecule has 0 bridgehead atoms. The molecule has 1 saturated heterocycles. The molecule has 17 heavy (non-hydrogen) atoms. The third-order valence-corrected chi connectivity index (χ3v) is 3.77. The monoisotopic (exact) mass is 240 g/mol. The van der Waals surface area contributed by atoms with E-state index in [4.69, 9.17) is 0 Å². The standard InChI is InChI=1S/C14H28N2O/c1-6-8-9-12-14(17)16(11(5)7-2)13(15-12)10(3)4/h10-13,15H,6-9H2,1-5H3. The Morgan fingerprint density at radius 2 is 1.94 bits per heavy atom. The second-order valence-electron chi connectivity index (χ2n) is 5.55. The molecule has 0 spiro atoms. The summed E-state index contributed by atoms with van der Waals surface area (Å²) < 4.78 is 0. The fourth-order valence-electron chi connectivity index (χ4n) is 2.49. The van der Waals surface area contributed by atoms with E-state index in [9.17, 15) is 4.79 Å². The molecular formula is C14H28N2O. The van der Waals surface area contributed by atoms with Crippen molar-refractivity contribution in [2.45, 2.75) is 78.6 Å². The van der Waals surface area contributed by atoms with Crippen LogP contribution in [0.25, 0.3) is 0 Å². The molecule has 3 heteroatoms. The lowest BCUT2D eigenvalue weighted by molar-refractivity contribution is -0.132. The molecule has 1 N–H and O–H groups in total. The number of amides is 1. The first-order valence-electron chi connectivity index (χ1n) is 7.11. The minimum atomic E-state index is 0.0522. The van der Waals surface area contributed by atoms with Crippen molar-refractivity contribution >= 4 is 5.91 Å². The zero-order valence-electron chi connectivity index (χ0n) is 12.0. The van der Waals surface area contributed by atoms with Crippen molar-refractivity contribution in [3.63, 3.8) is 0 Å². The van der Waals surface area contributed by atoms with Gasteiger partial charge in [-0.05, 0) is 25.7 Å². The van der Waals surface area contributed by atoms with Gasteiger partial charge >= 0.3 is 0 Å². The second kappa shape index (κ2) is 6.39. The number of unbranched alkanes of at least 4 members (excludes halogenated alkanes) is 1.